The number of aryl methyl sites for hydroxylation is 1. The van der Waals surface area contributed by atoms with Crippen LogP contribution in [-0.4, -0.2) is 31.1 Å². The van der Waals surface area contributed by atoms with Crippen molar-refractivity contribution in [3.8, 4) is 0 Å². The van der Waals surface area contributed by atoms with Crippen molar-refractivity contribution >= 4 is 22.6 Å². The quantitative estimate of drug-likeness (QED) is 0.730. The van der Waals surface area contributed by atoms with Gasteiger partial charge in [-0.25, -0.2) is 14.3 Å². The van der Waals surface area contributed by atoms with E-state index < -0.39 is 5.69 Å². The molecule has 0 aliphatic carbocycles. The number of amides is 1. The highest BCUT2D eigenvalue weighted by atomic mass is 16.2. The fourth-order valence-electron chi connectivity index (χ4n) is 2.45. The summed E-state index contributed by atoms with van der Waals surface area (Å²) in [4.78, 5) is 36.6. The van der Waals surface area contributed by atoms with E-state index in [1.165, 1.54) is 8.97 Å². The van der Waals surface area contributed by atoms with E-state index in [-0.39, 0.29) is 23.3 Å². The molecule has 0 spiro atoms. The van der Waals surface area contributed by atoms with Crippen molar-refractivity contribution in [3.05, 3.63) is 44.6 Å². The molecule has 23 heavy (non-hydrogen) atoms. The number of nitrogens with zero attached hydrogens (tertiary/aromatic N) is 3. The molecular formula is C15H17N5O3. The standard InChI is InChI=1S/C15H17N5O3/c1-4-8(2)16-12(21)9-5-6-10-11(7-9)20-14(17-18-15(20)23)19(3)13(10)22/h5-8H,4H2,1-3H3,(H,16,21)(H,18,23)/t8-/m1/s1. The van der Waals surface area contributed by atoms with Gasteiger partial charge in [-0.1, -0.05) is 6.92 Å². The maximum atomic E-state index is 12.3. The van der Waals surface area contributed by atoms with Gasteiger partial charge in [0.05, 0.1) is 10.9 Å². The fraction of sp³-hybridized carbons (Fsp3) is 0.333. The van der Waals surface area contributed by atoms with Crippen LogP contribution in [-0.2, 0) is 7.05 Å². The van der Waals surface area contributed by atoms with Crippen LogP contribution in [0.25, 0.3) is 16.7 Å². The highest BCUT2D eigenvalue weighted by molar-refractivity contribution is 5.98. The van der Waals surface area contributed by atoms with Gasteiger partial charge in [-0.2, -0.15) is 0 Å². The van der Waals surface area contributed by atoms with Crippen molar-refractivity contribution in [1.82, 2.24) is 24.5 Å². The Labute approximate surface area is 130 Å². The molecule has 2 heterocycles. The Balaban J connectivity index is 2.27. The lowest BCUT2D eigenvalue weighted by molar-refractivity contribution is 0.0939. The Morgan fingerprint density at radius 3 is 2.83 bits per heavy atom. The van der Waals surface area contributed by atoms with Crippen molar-refractivity contribution in [2.75, 3.05) is 0 Å². The Hall–Kier alpha value is -2.90. The minimum Gasteiger partial charge on any atom is -0.350 e. The highest BCUT2D eigenvalue weighted by Crippen LogP contribution is 2.13. The van der Waals surface area contributed by atoms with E-state index in [1.807, 2.05) is 13.8 Å². The lowest BCUT2D eigenvalue weighted by Gasteiger charge is -2.12. The van der Waals surface area contributed by atoms with E-state index in [0.29, 0.717) is 16.5 Å². The minimum atomic E-state index is -0.458. The monoisotopic (exact) mass is 315 g/mol. The number of benzene rings is 1. The number of aromatic nitrogens is 4. The van der Waals surface area contributed by atoms with E-state index in [2.05, 4.69) is 15.5 Å². The van der Waals surface area contributed by atoms with Gasteiger partial charge in [0, 0.05) is 18.7 Å². The number of nitrogens with one attached hydrogen (secondary N) is 2. The van der Waals surface area contributed by atoms with Crippen LogP contribution >= 0.6 is 0 Å². The number of H-pyrrole nitrogens is 1. The third kappa shape index (κ3) is 2.32. The van der Waals surface area contributed by atoms with Crippen LogP contribution in [0.3, 0.4) is 0 Å². The highest BCUT2D eigenvalue weighted by Gasteiger charge is 2.15. The Morgan fingerprint density at radius 1 is 1.39 bits per heavy atom. The molecule has 0 unspecified atom stereocenters. The zero-order chi connectivity index (χ0) is 16.7. The molecule has 1 aromatic carbocycles. The number of hydrogen-bond donors (Lipinski definition) is 2. The van der Waals surface area contributed by atoms with Crippen molar-refractivity contribution in [3.63, 3.8) is 0 Å². The molecule has 0 bridgehead atoms. The zero-order valence-corrected chi connectivity index (χ0v) is 13.1. The van der Waals surface area contributed by atoms with E-state index in [0.717, 1.165) is 6.42 Å². The van der Waals surface area contributed by atoms with Crippen LogP contribution in [0.1, 0.15) is 30.6 Å². The number of hydrogen-bond acceptors (Lipinski definition) is 4. The van der Waals surface area contributed by atoms with Crippen molar-refractivity contribution in [2.24, 2.45) is 7.05 Å². The predicted molar refractivity (Wildman–Crippen MR) is 85.8 cm³/mol. The van der Waals surface area contributed by atoms with E-state index >= 15 is 0 Å². The Bertz CT molecular complexity index is 1030. The molecule has 1 atom stereocenters. The van der Waals surface area contributed by atoms with Gasteiger partial charge in [0.2, 0.25) is 5.78 Å². The molecule has 2 aromatic heterocycles. The molecule has 1 amide bonds. The van der Waals surface area contributed by atoms with Gasteiger partial charge < -0.3 is 5.32 Å². The molecule has 0 radical (unpaired) electrons. The number of carbonyl (C=O) groups is 1. The number of rotatable bonds is 3. The van der Waals surface area contributed by atoms with Crippen LogP contribution in [0.2, 0.25) is 0 Å². The van der Waals surface area contributed by atoms with Gasteiger partial charge in [-0.3, -0.25) is 14.2 Å². The van der Waals surface area contributed by atoms with Crippen LogP contribution in [0.5, 0.6) is 0 Å². The zero-order valence-electron chi connectivity index (χ0n) is 13.1. The van der Waals surface area contributed by atoms with Gasteiger partial charge in [-0.05, 0) is 31.5 Å². The molecule has 2 N–H and O–H groups in total. The molecule has 3 rings (SSSR count). The van der Waals surface area contributed by atoms with Gasteiger partial charge >= 0.3 is 5.69 Å². The average Bonchev–Trinajstić information content (AvgIpc) is 2.94. The maximum absolute atomic E-state index is 12.3. The summed E-state index contributed by atoms with van der Waals surface area (Å²) in [5.41, 5.74) is 0.0135. The van der Waals surface area contributed by atoms with E-state index in [1.54, 1.807) is 25.2 Å². The average molecular weight is 315 g/mol. The maximum Gasteiger partial charge on any atom is 0.349 e. The summed E-state index contributed by atoms with van der Waals surface area (Å²) in [6.07, 6.45) is 0.811. The third-order valence-electron chi connectivity index (χ3n) is 3.98. The lowest BCUT2D eigenvalue weighted by Crippen LogP contribution is -2.32. The van der Waals surface area contributed by atoms with Crippen LogP contribution in [0.4, 0.5) is 0 Å². The second-order valence-electron chi connectivity index (χ2n) is 5.54. The first-order chi connectivity index (χ1) is 10.9. The first-order valence-electron chi connectivity index (χ1n) is 7.34. The largest absolute Gasteiger partial charge is 0.350 e. The molecule has 0 saturated carbocycles. The summed E-state index contributed by atoms with van der Waals surface area (Å²) in [6.45, 7) is 3.89. The lowest BCUT2D eigenvalue weighted by atomic mass is 10.1. The normalized spacial score (nSPS) is 12.7. The molecule has 8 nitrogen and oxygen atoms in total. The third-order valence-corrected chi connectivity index (χ3v) is 3.98. The summed E-state index contributed by atoms with van der Waals surface area (Å²) >= 11 is 0. The summed E-state index contributed by atoms with van der Waals surface area (Å²) in [5, 5.41) is 9.39. The molecule has 0 saturated heterocycles. The van der Waals surface area contributed by atoms with Gasteiger partial charge in [0.1, 0.15) is 0 Å². The fourth-order valence-corrected chi connectivity index (χ4v) is 2.45. The van der Waals surface area contributed by atoms with Crippen LogP contribution < -0.4 is 16.6 Å². The number of carbonyl (C=O) groups excluding carboxylic acids is 1. The van der Waals surface area contributed by atoms with Crippen molar-refractivity contribution in [2.45, 2.75) is 26.3 Å². The second-order valence-corrected chi connectivity index (χ2v) is 5.54. The number of aromatic amines is 1. The SMILES string of the molecule is CC[C@@H](C)NC(=O)c1ccc2c(=O)n(C)c3n[nH]c(=O)n3c2c1. The molecule has 0 fully saturated rings. The van der Waals surface area contributed by atoms with Gasteiger partial charge in [0.25, 0.3) is 11.5 Å². The van der Waals surface area contributed by atoms with E-state index in [4.69, 9.17) is 0 Å². The number of fused-ring (bicyclic) bond motifs is 3. The minimum absolute atomic E-state index is 0.0403. The first kappa shape index (κ1) is 15.0. The second kappa shape index (κ2) is 5.38. The van der Waals surface area contributed by atoms with Crippen LogP contribution in [0.15, 0.2) is 27.8 Å². The Kier molecular flexibility index (Phi) is 3.51. The molecule has 0 aliphatic heterocycles. The first-order valence-corrected chi connectivity index (χ1v) is 7.34. The summed E-state index contributed by atoms with van der Waals surface area (Å²) < 4.78 is 2.58. The topological polar surface area (TPSA) is 101 Å². The molecule has 120 valence electrons. The molecule has 3 aromatic rings. The van der Waals surface area contributed by atoms with Gasteiger partial charge in [0.15, 0.2) is 0 Å². The summed E-state index contributed by atoms with van der Waals surface area (Å²) in [5.74, 6) is -0.0430. The molecule has 0 aliphatic rings. The summed E-state index contributed by atoms with van der Waals surface area (Å²) in [7, 11) is 1.54. The smallest absolute Gasteiger partial charge is 0.349 e. The van der Waals surface area contributed by atoms with E-state index in [9.17, 15) is 14.4 Å². The predicted octanol–water partition coefficient (Wildman–Crippen LogP) is 0.403. The van der Waals surface area contributed by atoms with Crippen molar-refractivity contribution in [1.29, 1.82) is 0 Å². The van der Waals surface area contributed by atoms with Gasteiger partial charge in [-0.15, -0.1) is 5.10 Å². The molecule has 8 heteroatoms. The Morgan fingerprint density at radius 2 is 2.13 bits per heavy atom. The van der Waals surface area contributed by atoms with Crippen molar-refractivity contribution < 1.29 is 4.79 Å². The summed E-state index contributed by atoms with van der Waals surface area (Å²) in [6, 6.07) is 4.72. The van der Waals surface area contributed by atoms with Crippen LogP contribution in [0, 0.1) is 0 Å². The molecular weight excluding hydrogens is 298 g/mol.